The molecule has 267 valence electrons. The minimum atomic E-state index is -1.58. The number of rotatable bonds is 19. The summed E-state index contributed by atoms with van der Waals surface area (Å²) < 4.78 is 0. The van der Waals surface area contributed by atoms with E-state index >= 15 is 0 Å². The topological polar surface area (TPSA) is 352 Å². The number of anilines is 3. The third-order valence-corrected chi connectivity index (χ3v) is 6.96. The van der Waals surface area contributed by atoms with E-state index in [1.54, 1.807) is 12.1 Å². The van der Waals surface area contributed by atoms with Crippen LogP contribution >= 0.6 is 0 Å². The zero-order chi connectivity index (χ0) is 37.0. The van der Waals surface area contributed by atoms with E-state index in [4.69, 9.17) is 21.7 Å². The van der Waals surface area contributed by atoms with Crippen LogP contribution in [0.5, 0.6) is 0 Å². The van der Waals surface area contributed by atoms with Gasteiger partial charge in [-0.3, -0.25) is 19.2 Å². The number of benzene rings is 1. The fraction of sp³-hybridized carbons (Fsp3) is 0.345. The van der Waals surface area contributed by atoms with Crippen LogP contribution in [0.2, 0.25) is 0 Å². The molecule has 0 saturated heterocycles. The van der Waals surface area contributed by atoms with E-state index in [9.17, 15) is 43.8 Å². The number of nitrogen functional groups attached to an aromatic ring is 2. The summed E-state index contributed by atoms with van der Waals surface area (Å²) >= 11 is 0. The number of carbonyl (C=O) groups excluding carboxylic acids is 3. The molecular weight excluding hydrogens is 687 g/mol. The van der Waals surface area contributed by atoms with Crippen LogP contribution in [0.3, 0.4) is 0 Å². The number of nitrogens with zero attached hydrogens (tertiary/aromatic N) is 4. The first-order chi connectivity index (χ1) is 23.6. The number of carboxylic acids is 4. The monoisotopic (exact) mass is 721 g/mol. The van der Waals surface area contributed by atoms with E-state index in [-0.39, 0.29) is 64.6 Å². The number of fused-ring (bicyclic) bond motifs is 1. The molecule has 1 aromatic carbocycles. The predicted octanol–water partition coefficient (Wildman–Crippen LogP) is -1.44. The van der Waals surface area contributed by atoms with Crippen molar-refractivity contribution in [3.63, 3.8) is 0 Å². The Morgan fingerprint density at radius 2 is 1.20 bits per heavy atom. The van der Waals surface area contributed by atoms with Crippen LogP contribution in [0.25, 0.3) is 11.2 Å². The number of carbonyl (C=O) groups is 7. The Hall–Kier alpha value is -5.67. The molecule has 3 unspecified atom stereocenters. The van der Waals surface area contributed by atoms with Crippen LogP contribution in [0, 0.1) is 0 Å². The Kier molecular flexibility index (Phi) is 15.9. The summed E-state index contributed by atoms with van der Waals surface area (Å²) in [6, 6.07) is 1.38. The molecule has 0 bridgehead atoms. The third-order valence-electron chi connectivity index (χ3n) is 6.96. The smallest absolute Gasteiger partial charge is 0.326 e. The minimum absolute atomic E-state index is 0. The van der Waals surface area contributed by atoms with Crippen molar-refractivity contribution in [1.82, 2.24) is 35.9 Å². The van der Waals surface area contributed by atoms with Crippen molar-refractivity contribution in [2.24, 2.45) is 0 Å². The van der Waals surface area contributed by atoms with Gasteiger partial charge in [-0.05, 0) is 43.5 Å². The van der Waals surface area contributed by atoms with Crippen LogP contribution in [0.4, 0.5) is 17.5 Å². The molecule has 0 aliphatic carbocycles. The fourth-order valence-corrected chi connectivity index (χ4v) is 4.37. The normalized spacial score (nSPS) is 12.3. The molecule has 0 saturated carbocycles. The number of nitrogens with one attached hydrogen (secondary N) is 4. The Labute approximate surface area is 310 Å². The van der Waals surface area contributed by atoms with Crippen molar-refractivity contribution in [2.45, 2.75) is 63.2 Å². The average Bonchev–Trinajstić information content (AvgIpc) is 3.05. The maximum absolute atomic E-state index is 12.8. The molecule has 3 aromatic rings. The van der Waals surface area contributed by atoms with Crippen LogP contribution in [0.1, 0.15) is 54.6 Å². The number of amides is 3. The second kappa shape index (κ2) is 19.5. The zero-order valence-corrected chi connectivity index (χ0v) is 29.2. The number of aromatic nitrogens is 4. The zero-order valence-electron chi connectivity index (χ0n) is 27.2. The van der Waals surface area contributed by atoms with E-state index in [0.717, 1.165) is 0 Å². The molecule has 12 N–H and O–H groups in total. The molecule has 3 atom stereocenters. The van der Waals surface area contributed by atoms with Crippen molar-refractivity contribution >= 4 is 99.8 Å². The molecular formula is C29H34N10NaO11. The molecule has 0 spiro atoms. The molecule has 3 rings (SSSR count). The summed E-state index contributed by atoms with van der Waals surface area (Å²) in [4.78, 5) is 99.1. The fourth-order valence-electron chi connectivity index (χ4n) is 4.37. The van der Waals surface area contributed by atoms with E-state index in [1.165, 1.54) is 18.3 Å². The van der Waals surface area contributed by atoms with Gasteiger partial charge in [0.1, 0.15) is 18.1 Å². The van der Waals surface area contributed by atoms with Crippen LogP contribution in [0.15, 0.2) is 30.5 Å². The molecule has 1 radical (unpaired) electrons. The van der Waals surface area contributed by atoms with E-state index < -0.39 is 98.2 Å². The summed E-state index contributed by atoms with van der Waals surface area (Å²) in [6.45, 7) is 0.219. The predicted molar refractivity (Wildman–Crippen MR) is 177 cm³/mol. The Bertz CT molecular complexity index is 1780. The summed E-state index contributed by atoms with van der Waals surface area (Å²) in [5.74, 6) is -8.18. The van der Waals surface area contributed by atoms with Crippen molar-refractivity contribution in [2.75, 3.05) is 16.8 Å². The maximum atomic E-state index is 12.8. The minimum Gasteiger partial charge on any atom is -0.481 e. The average molecular weight is 722 g/mol. The molecule has 21 nitrogen and oxygen atoms in total. The first kappa shape index (κ1) is 41.5. The second-order valence-electron chi connectivity index (χ2n) is 10.7. The third kappa shape index (κ3) is 13.3. The number of carboxylic acid groups (broad SMARTS) is 4. The van der Waals surface area contributed by atoms with Gasteiger partial charge in [0.25, 0.3) is 5.91 Å². The van der Waals surface area contributed by atoms with Crippen molar-refractivity contribution in [3.05, 3.63) is 41.7 Å². The number of aliphatic carboxylic acids is 4. The SMILES string of the molecule is Nc1nc(N)c2nc(CNc3ccc(C(=O)NC(CCC(=O)NC(CCC(=O)NC(CCC(=O)O)C(=O)O)C(=O)O)C(=O)O)cc3)cnc2n1.[Na]. The van der Waals surface area contributed by atoms with E-state index in [0.29, 0.717) is 11.4 Å². The second-order valence-corrected chi connectivity index (χ2v) is 10.7. The molecule has 0 aliphatic heterocycles. The molecule has 0 aliphatic rings. The molecule has 51 heavy (non-hydrogen) atoms. The first-order valence-corrected chi connectivity index (χ1v) is 14.8. The summed E-state index contributed by atoms with van der Waals surface area (Å²) in [5, 5.41) is 46.6. The maximum Gasteiger partial charge on any atom is 0.326 e. The van der Waals surface area contributed by atoms with Crippen LogP contribution < -0.4 is 32.7 Å². The van der Waals surface area contributed by atoms with Gasteiger partial charge < -0.3 is 53.2 Å². The molecule has 22 heteroatoms. The van der Waals surface area contributed by atoms with Crippen molar-refractivity contribution in [1.29, 1.82) is 0 Å². The molecule has 0 fully saturated rings. The van der Waals surface area contributed by atoms with Gasteiger partial charge in [-0.1, -0.05) is 0 Å². The van der Waals surface area contributed by atoms with Crippen molar-refractivity contribution < 1.29 is 54.0 Å². The number of nitrogens with two attached hydrogens (primary N) is 2. The van der Waals surface area contributed by atoms with Gasteiger partial charge in [-0.2, -0.15) is 9.97 Å². The van der Waals surface area contributed by atoms with Crippen molar-refractivity contribution in [3.8, 4) is 0 Å². The summed E-state index contributed by atoms with van der Waals surface area (Å²) in [6.07, 6.45) is -1.32. The van der Waals surface area contributed by atoms with Gasteiger partial charge in [-0.25, -0.2) is 24.4 Å². The van der Waals surface area contributed by atoms with Crippen LogP contribution in [-0.2, 0) is 35.3 Å². The Morgan fingerprint density at radius 3 is 1.71 bits per heavy atom. The summed E-state index contributed by atoms with van der Waals surface area (Å²) in [7, 11) is 0. The first-order valence-electron chi connectivity index (χ1n) is 14.8. The summed E-state index contributed by atoms with van der Waals surface area (Å²) in [5.41, 5.74) is 13.1. The number of hydrogen-bond acceptors (Lipinski definition) is 14. The molecule has 3 amide bonds. The van der Waals surface area contributed by atoms with Gasteiger partial charge in [0.2, 0.25) is 17.8 Å². The van der Waals surface area contributed by atoms with Gasteiger partial charge >= 0.3 is 23.9 Å². The molecule has 2 aromatic heterocycles. The quantitative estimate of drug-likeness (QED) is 0.0634. The Balaban J connectivity index is 0.00000901. The standard InChI is InChI=1S/C29H34N10O11.Na/c30-23-22-24(39-29(31)38-23)33-12-15(34-22)11-32-14-3-1-13(2-4-14)25(44)37-18(28(49)50)6-9-20(41)35-16(26(45)46)5-8-19(40)36-17(27(47)48)7-10-21(42)43;/h1-4,12,16-18,32H,5-11H2,(H,35,41)(H,36,40)(H,37,44)(H,42,43)(H,45,46)(H,47,48)(H,49,50)(H4,30,31,33,38,39);. The van der Waals surface area contributed by atoms with Gasteiger partial charge in [0.05, 0.1) is 18.4 Å². The Morgan fingerprint density at radius 1 is 0.686 bits per heavy atom. The number of hydrogen-bond donors (Lipinski definition) is 10. The van der Waals surface area contributed by atoms with E-state index in [1.807, 2.05) is 0 Å². The van der Waals surface area contributed by atoms with Gasteiger partial charge in [0, 0.05) is 60.1 Å². The van der Waals surface area contributed by atoms with E-state index in [2.05, 4.69) is 41.2 Å². The van der Waals surface area contributed by atoms with Gasteiger partial charge in [-0.15, -0.1) is 0 Å². The van der Waals surface area contributed by atoms with Gasteiger partial charge in [0.15, 0.2) is 17.0 Å². The molecule has 2 heterocycles. The largest absolute Gasteiger partial charge is 0.481 e. The van der Waals surface area contributed by atoms with Crippen LogP contribution in [-0.4, -0.2) is 130 Å².